The van der Waals surface area contributed by atoms with Gasteiger partial charge in [-0.2, -0.15) is 0 Å². The molecule has 4 heteroatoms. The molecule has 8 heavy (non-hydrogen) atoms. The third kappa shape index (κ3) is 2.72. The van der Waals surface area contributed by atoms with Crippen molar-refractivity contribution in [1.82, 2.24) is 9.97 Å². The molecule has 0 radical (unpaired) electrons. The van der Waals surface area contributed by atoms with E-state index < -0.39 is 0 Å². The fraction of sp³-hybridized carbons (Fsp3) is 0. The Labute approximate surface area is 46.6 Å². The molecule has 0 aliphatic carbocycles. The maximum Gasteiger partial charge on any atom is 0.115 e. The third-order valence-electron chi connectivity index (χ3n) is 0.478. The molecule has 0 aliphatic heterocycles. The number of nitrogens with zero attached hydrogens (tertiary/aromatic N) is 4. The number of hydrogen-bond acceptors (Lipinski definition) is 4. The van der Waals surface area contributed by atoms with Gasteiger partial charge in [-0.25, -0.2) is 9.97 Å². The minimum Gasteiger partial charge on any atom is -0.245 e. The first-order chi connectivity index (χ1) is 4.00. The van der Waals surface area contributed by atoms with E-state index in [1.807, 2.05) is 0 Å². The molecule has 0 unspecified atom stereocenters. The van der Waals surface area contributed by atoms with E-state index in [1.54, 1.807) is 18.5 Å². The first-order valence-corrected chi connectivity index (χ1v) is 1.90. The second kappa shape index (κ2) is 5.50. The average molecular weight is 108 g/mol. The Bertz CT molecular complexity index is 109. The minimum atomic E-state index is 1.50. The van der Waals surface area contributed by atoms with Crippen molar-refractivity contribution in [3.05, 3.63) is 24.8 Å². The van der Waals surface area contributed by atoms with Crippen molar-refractivity contribution < 1.29 is 0 Å². The van der Waals surface area contributed by atoms with Crippen LogP contribution in [0.2, 0.25) is 0 Å². The van der Waals surface area contributed by atoms with Gasteiger partial charge in [-0.15, -0.1) is 0 Å². The van der Waals surface area contributed by atoms with E-state index in [0.29, 0.717) is 0 Å². The van der Waals surface area contributed by atoms with Crippen LogP contribution in [-0.4, -0.2) is 9.97 Å². The van der Waals surface area contributed by atoms with Crippen LogP contribution in [0.1, 0.15) is 0 Å². The van der Waals surface area contributed by atoms with Gasteiger partial charge in [0.1, 0.15) is 6.33 Å². The zero-order valence-corrected chi connectivity index (χ0v) is 4.10. The van der Waals surface area contributed by atoms with Gasteiger partial charge in [0.05, 0.1) is 0 Å². The van der Waals surface area contributed by atoms with Crippen molar-refractivity contribution in [2.75, 3.05) is 0 Å². The minimum absolute atomic E-state index is 1.50. The summed E-state index contributed by atoms with van der Waals surface area (Å²) in [5.41, 5.74) is 0. The third-order valence-corrected chi connectivity index (χ3v) is 0.478. The quantitative estimate of drug-likeness (QED) is 0.454. The van der Waals surface area contributed by atoms with Crippen LogP contribution in [0.15, 0.2) is 24.8 Å². The Morgan fingerprint density at radius 2 is 1.50 bits per heavy atom. The maximum absolute atomic E-state index is 6.00. The molecule has 0 atom stereocenters. The highest BCUT2D eigenvalue weighted by molar-refractivity contribution is 4.74. The largest absolute Gasteiger partial charge is 0.245 e. The Hall–Kier alpha value is -1.50. The Kier molecular flexibility index (Phi) is 4.47. The van der Waals surface area contributed by atoms with E-state index in [-0.39, 0.29) is 0 Å². The molecule has 0 N–H and O–H groups in total. The molecule has 4 nitrogen and oxygen atoms in total. The van der Waals surface area contributed by atoms with E-state index in [2.05, 4.69) is 9.97 Å². The van der Waals surface area contributed by atoms with Gasteiger partial charge in [0.2, 0.25) is 0 Å². The standard InChI is InChI=1S/C4H4N2.N2/c1-2-5-4-6-3-1;1-2/h1-4H;. The van der Waals surface area contributed by atoms with E-state index in [9.17, 15) is 0 Å². The predicted octanol–water partition coefficient (Wildman–Crippen LogP) is 0.507. The summed E-state index contributed by atoms with van der Waals surface area (Å²) in [6.45, 7) is 0. The van der Waals surface area contributed by atoms with Crippen LogP contribution in [0.25, 0.3) is 0 Å². The molecule has 0 saturated carbocycles. The van der Waals surface area contributed by atoms with Gasteiger partial charge in [0.25, 0.3) is 0 Å². The number of rotatable bonds is 0. The first kappa shape index (κ1) is 6.50. The molecular weight excluding hydrogens is 104 g/mol. The summed E-state index contributed by atoms with van der Waals surface area (Å²) in [6.07, 6.45) is 4.88. The summed E-state index contributed by atoms with van der Waals surface area (Å²) in [4.78, 5) is 7.35. The van der Waals surface area contributed by atoms with Gasteiger partial charge in [-0.1, -0.05) is 0 Å². The molecule has 0 aromatic carbocycles. The van der Waals surface area contributed by atoms with Gasteiger partial charge in [0.15, 0.2) is 0 Å². The summed E-state index contributed by atoms with van der Waals surface area (Å²) in [5, 5.41) is 12.0. The molecule has 40 valence electrons. The normalized spacial score (nSPS) is 6.25. The maximum atomic E-state index is 6.00. The monoisotopic (exact) mass is 108 g/mol. The first-order valence-electron chi connectivity index (χ1n) is 1.90. The van der Waals surface area contributed by atoms with Crippen molar-refractivity contribution >= 4 is 0 Å². The second-order valence-electron chi connectivity index (χ2n) is 0.904. The Morgan fingerprint density at radius 1 is 1.00 bits per heavy atom. The van der Waals surface area contributed by atoms with Gasteiger partial charge >= 0.3 is 0 Å². The lowest BCUT2D eigenvalue weighted by Gasteiger charge is -1.70. The zero-order valence-electron chi connectivity index (χ0n) is 4.10. The summed E-state index contributed by atoms with van der Waals surface area (Å²) in [7, 11) is 0. The molecule has 0 fully saturated rings. The molecule has 0 saturated heterocycles. The molecular formula is C4H4N4. The van der Waals surface area contributed by atoms with E-state index in [4.69, 9.17) is 10.8 Å². The van der Waals surface area contributed by atoms with Crippen LogP contribution >= 0.6 is 0 Å². The van der Waals surface area contributed by atoms with Crippen molar-refractivity contribution in [2.24, 2.45) is 0 Å². The SMILES string of the molecule is N#N.c1cncnc1. The highest BCUT2D eigenvalue weighted by Crippen LogP contribution is 1.66. The summed E-state index contributed by atoms with van der Waals surface area (Å²) < 4.78 is 0. The molecule has 0 bridgehead atoms. The average Bonchev–Trinajstić information content (AvgIpc) is 1.96. The van der Waals surface area contributed by atoms with E-state index in [0.717, 1.165) is 0 Å². The second-order valence-corrected chi connectivity index (χ2v) is 0.904. The van der Waals surface area contributed by atoms with Gasteiger partial charge in [-0.3, -0.25) is 0 Å². The molecule has 1 heterocycles. The number of hydrogen-bond donors (Lipinski definition) is 0. The number of aromatic nitrogens is 2. The van der Waals surface area contributed by atoms with Crippen molar-refractivity contribution in [3.8, 4) is 0 Å². The molecule has 1 aromatic rings. The van der Waals surface area contributed by atoms with Gasteiger partial charge in [0, 0.05) is 23.2 Å². The molecule has 0 aliphatic rings. The van der Waals surface area contributed by atoms with Crippen LogP contribution in [-0.2, 0) is 0 Å². The van der Waals surface area contributed by atoms with Gasteiger partial charge in [-0.05, 0) is 6.07 Å². The van der Waals surface area contributed by atoms with Gasteiger partial charge < -0.3 is 0 Å². The zero-order chi connectivity index (χ0) is 6.24. The molecule has 0 spiro atoms. The van der Waals surface area contributed by atoms with E-state index >= 15 is 0 Å². The smallest absolute Gasteiger partial charge is 0.115 e. The van der Waals surface area contributed by atoms with Crippen LogP contribution < -0.4 is 0 Å². The molecule has 1 rings (SSSR count). The predicted molar refractivity (Wildman–Crippen MR) is 25.5 cm³/mol. The summed E-state index contributed by atoms with van der Waals surface area (Å²) >= 11 is 0. The van der Waals surface area contributed by atoms with Crippen LogP contribution in [0.4, 0.5) is 0 Å². The lowest BCUT2D eigenvalue weighted by molar-refractivity contribution is 1.15. The highest BCUT2D eigenvalue weighted by Gasteiger charge is 1.59. The van der Waals surface area contributed by atoms with Crippen LogP contribution in [0.3, 0.4) is 0 Å². The summed E-state index contributed by atoms with van der Waals surface area (Å²) in [6, 6.07) is 1.78. The lowest BCUT2D eigenvalue weighted by Crippen LogP contribution is -1.66. The Balaban J connectivity index is 0.000000222. The van der Waals surface area contributed by atoms with Crippen LogP contribution in [0.5, 0.6) is 0 Å². The van der Waals surface area contributed by atoms with Crippen LogP contribution in [0, 0.1) is 10.8 Å². The summed E-state index contributed by atoms with van der Waals surface area (Å²) in [5.74, 6) is 0. The molecule has 0 amide bonds. The molecule has 1 aromatic heterocycles. The topological polar surface area (TPSA) is 73.4 Å². The van der Waals surface area contributed by atoms with Crippen molar-refractivity contribution in [1.29, 1.82) is 10.8 Å². The highest BCUT2D eigenvalue weighted by atomic mass is 14.8. The van der Waals surface area contributed by atoms with Crippen molar-refractivity contribution in [3.63, 3.8) is 0 Å². The fourth-order valence-corrected chi connectivity index (χ4v) is 0.253. The van der Waals surface area contributed by atoms with E-state index in [1.165, 1.54) is 6.33 Å². The van der Waals surface area contributed by atoms with Crippen molar-refractivity contribution in [2.45, 2.75) is 0 Å². The lowest BCUT2D eigenvalue weighted by atomic mass is 10.7. The Morgan fingerprint density at radius 3 is 1.62 bits per heavy atom. The fourth-order valence-electron chi connectivity index (χ4n) is 0.253.